The second-order valence-corrected chi connectivity index (χ2v) is 10.2. The maximum absolute atomic E-state index is 13.3. The summed E-state index contributed by atoms with van der Waals surface area (Å²) in [6.07, 6.45) is 2.06. The van der Waals surface area contributed by atoms with E-state index >= 15 is 0 Å². The smallest absolute Gasteiger partial charge is 0.242 e. The van der Waals surface area contributed by atoms with Gasteiger partial charge in [-0.15, -0.1) is 0 Å². The lowest BCUT2D eigenvalue weighted by atomic mass is 10.1. The van der Waals surface area contributed by atoms with Gasteiger partial charge in [-0.25, -0.2) is 4.99 Å². The average Bonchev–Trinajstić information content (AvgIpc) is 3.34. The van der Waals surface area contributed by atoms with Crippen LogP contribution in [0.5, 0.6) is 0 Å². The van der Waals surface area contributed by atoms with Crippen molar-refractivity contribution in [3.8, 4) is 0 Å². The van der Waals surface area contributed by atoms with Crippen molar-refractivity contribution in [2.24, 2.45) is 4.99 Å². The van der Waals surface area contributed by atoms with Crippen LogP contribution in [0.25, 0.3) is 0 Å². The van der Waals surface area contributed by atoms with E-state index < -0.39 is 5.25 Å². The van der Waals surface area contributed by atoms with E-state index in [1.54, 1.807) is 4.90 Å². The molecular weight excluding hydrogens is 434 g/mol. The number of hydrogen-bond acceptors (Lipinski definition) is 5. The summed E-state index contributed by atoms with van der Waals surface area (Å²) in [4.78, 5) is 32.7. The van der Waals surface area contributed by atoms with Gasteiger partial charge in [-0.3, -0.25) is 14.5 Å². The normalized spacial score (nSPS) is 21.8. The highest BCUT2D eigenvalue weighted by atomic mass is 32.2. The topological polar surface area (TPSA) is 71.0 Å². The number of aliphatic imine (C=N–C) groups is 1. The van der Waals surface area contributed by atoms with E-state index in [0.717, 1.165) is 53.1 Å². The van der Waals surface area contributed by atoms with Crippen molar-refractivity contribution < 1.29 is 14.3 Å². The molecule has 4 rings (SSSR count). The number of amidine groups is 1. The molecule has 1 N–H and O–H groups in total. The van der Waals surface area contributed by atoms with Gasteiger partial charge < -0.3 is 10.1 Å². The molecular formula is C26H31N3O3S. The van der Waals surface area contributed by atoms with Gasteiger partial charge in [-0.2, -0.15) is 0 Å². The van der Waals surface area contributed by atoms with E-state index in [1.807, 2.05) is 58.0 Å². The summed E-state index contributed by atoms with van der Waals surface area (Å²) < 4.78 is 5.78. The van der Waals surface area contributed by atoms with Crippen molar-refractivity contribution in [1.82, 2.24) is 4.90 Å². The van der Waals surface area contributed by atoms with Gasteiger partial charge in [-0.05, 0) is 81.0 Å². The molecule has 0 aromatic heterocycles. The summed E-state index contributed by atoms with van der Waals surface area (Å²) in [6.45, 7) is 9.23. The van der Waals surface area contributed by atoms with Crippen LogP contribution in [0.15, 0.2) is 41.4 Å². The predicted molar refractivity (Wildman–Crippen MR) is 134 cm³/mol. The van der Waals surface area contributed by atoms with Crippen LogP contribution in [0, 0.1) is 27.7 Å². The lowest BCUT2D eigenvalue weighted by Crippen LogP contribution is -2.38. The molecule has 7 heteroatoms. The Kier molecular flexibility index (Phi) is 7.20. The van der Waals surface area contributed by atoms with Gasteiger partial charge >= 0.3 is 0 Å². The molecule has 2 fully saturated rings. The molecule has 0 aliphatic carbocycles. The fourth-order valence-corrected chi connectivity index (χ4v) is 5.42. The molecule has 2 heterocycles. The minimum Gasteiger partial charge on any atom is -0.376 e. The second kappa shape index (κ2) is 10.1. The third-order valence-corrected chi connectivity index (χ3v) is 7.07. The van der Waals surface area contributed by atoms with Crippen LogP contribution in [0.3, 0.4) is 0 Å². The van der Waals surface area contributed by atoms with E-state index in [2.05, 4.69) is 11.4 Å². The molecule has 2 aromatic carbocycles. The van der Waals surface area contributed by atoms with Crippen molar-refractivity contribution in [3.05, 3.63) is 58.7 Å². The van der Waals surface area contributed by atoms with Crippen molar-refractivity contribution in [1.29, 1.82) is 0 Å². The van der Waals surface area contributed by atoms with Crippen molar-refractivity contribution >= 4 is 40.1 Å². The highest BCUT2D eigenvalue weighted by molar-refractivity contribution is 8.15. The van der Waals surface area contributed by atoms with Gasteiger partial charge in [0.05, 0.1) is 18.3 Å². The Morgan fingerprint density at radius 2 is 1.88 bits per heavy atom. The predicted octanol–water partition coefficient (Wildman–Crippen LogP) is 5.06. The van der Waals surface area contributed by atoms with Gasteiger partial charge in [0.25, 0.3) is 0 Å². The second-order valence-electron chi connectivity index (χ2n) is 9.00. The van der Waals surface area contributed by atoms with Gasteiger partial charge in [-0.1, -0.05) is 30.0 Å². The fraction of sp³-hybridized carbons (Fsp3) is 0.423. The van der Waals surface area contributed by atoms with E-state index in [0.29, 0.717) is 11.7 Å². The Hall–Kier alpha value is -2.64. The number of thioether (sulfide) groups is 1. The summed E-state index contributed by atoms with van der Waals surface area (Å²) in [6, 6.07) is 12.1. The van der Waals surface area contributed by atoms with E-state index in [1.165, 1.54) is 11.8 Å². The Morgan fingerprint density at radius 3 is 2.58 bits per heavy atom. The molecule has 2 aliphatic rings. The van der Waals surface area contributed by atoms with Gasteiger partial charge in [0.15, 0.2) is 5.17 Å². The Morgan fingerprint density at radius 1 is 1.12 bits per heavy atom. The number of carbonyl (C=O) groups excluding carboxylic acids is 2. The Labute approximate surface area is 199 Å². The number of rotatable bonds is 6. The van der Waals surface area contributed by atoms with Gasteiger partial charge in [0.2, 0.25) is 11.8 Å². The van der Waals surface area contributed by atoms with Crippen LogP contribution >= 0.6 is 11.8 Å². The zero-order valence-corrected chi connectivity index (χ0v) is 20.5. The van der Waals surface area contributed by atoms with E-state index in [-0.39, 0.29) is 24.3 Å². The molecule has 0 saturated carbocycles. The van der Waals surface area contributed by atoms with Gasteiger partial charge in [0.1, 0.15) is 5.25 Å². The van der Waals surface area contributed by atoms with Crippen LogP contribution in [0.4, 0.5) is 11.4 Å². The van der Waals surface area contributed by atoms with Crippen LogP contribution in [-0.4, -0.2) is 46.4 Å². The number of benzene rings is 2. The number of ether oxygens (including phenoxy) is 1. The first kappa shape index (κ1) is 23.5. The molecule has 2 amide bonds. The lowest BCUT2D eigenvalue weighted by molar-refractivity contribution is -0.129. The number of nitrogens with zero attached hydrogens (tertiary/aromatic N) is 2. The standard InChI is InChI=1S/C26H31N3O3S/c1-16-7-8-19(4)22(13-16)28-24(30)14-23-25(31)29(15-21-6-5-9-32-21)26(33-23)27-20-11-17(2)10-18(3)12-20/h7-8,10-13,21,23H,5-6,9,14-15H2,1-4H3,(H,28,30). The van der Waals surface area contributed by atoms with E-state index in [4.69, 9.17) is 9.73 Å². The molecule has 0 radical (unpaired) electrons. The Balaban J connectivity index is 1.53. The molecule has 2 aliphatic heterocycles. The quantitative estimate of drug-likeness (QED) is 0.647. The number of hydrogen-bond donors (Lipinski definition) is 1. The maximum Gasteiger partial charge on any atom is 0.242 e. The zero-order chi connectivity index (χ0) is 23.5. The summed E-state index contributed by atoms with van der Waals surface area (Å²) in [7, 11) is 0. The summed E-state index contributed by atoms with van der Waals surface area (Å²) >= 11 is 1.37. The minimum absolute atomic E-state index is 0.0153. The molecule has 2 saturated heterocycles. The zero-order valence-electron chi connectivity index (χ0n) is 19.7. The maximum atomic E-state index is 13.3. The highest BCUT2D eigenvalue weighted by Crippen LogP contribution is 2.33. The first-order valence-corrected chi connectivity index (χ1v) is 12.3. The molecule has 2 atom stereocenters. The number of anilines is 1. The van der Waals surface area contributed by atoms with Crippen LogP contribution in [0.1, 0.15) is 41.5 Å². The molecule has 33 heavy (non-hydrogen) atoms. The van der Waals surface area contributed by atoms with Crippen LogP contribution in [0.2, 0.25) is 0 Å². The average molecular weight is 466 g/mol. The van der Waals surface area contributed by atoms with E-state index in [9.17, 15) is 9.59 Å². The molecule has 2 aromatic rings. The highest BCUT2D eigenvalue weighted by Gasteiger charge is 2.40. The fourth-order valence-electron chi connectivity index (χ4n) is 4.25. The monoisotopic (exact) mass is 465 g/mol. The Bertz CT molecular complexity index is 1070. The largest absolute Gasteiger partial charge is 0.376 e. The summed E-state index contributed by atoms with van der Waals surface area (Å²) in [5.41, 5.74) is 5.93. The minimum atomic E-state index is -0.499. The van der Waals surface area contributed by atoms with Crippen molar-refractivity contribution in [3.63, 3.8) is 0 Å². The SMILES string of the molecule is Cc1cc(C)cc(N=C2SC(CC(=O)Nc3cc(C)ccc3C)C(=O)N2CC2CCCO2)c1. The first-order chi connectivity index (χ1) is 15.8. The summed E-state index contributed by atoms with van der Waals surface area (Å²) in [5.74, 6) is -0.242. The van der Waals surface area contributed by atoms with Crippen LogP contribution < -0.4 is 5.32 Å². The third kappa shape index (κ3) is 5.84. The molecule has 0 bridgehead atoms. The molecule has 2 unspecified atom stereocenters. The number of amides is 2. The van der Waals surface area contributed by atoms with Crippen molar-refractivity contribution in [2.45, 2.75) is 58.3 Å². The lowest BCUT2D eigenvalue weighted by Gasteiger charge is -2.20. The van der Waals surface area contributed by atoms with Crippen LogP contribution in [-0.2, 0) is 14.3 Å². The molecule has 6 nitrogen and oxygen atoms in total. The third-order valence-electron chi connectivity index (χ3n) is 5.90. The first-order valence-electron chi connectivity index (χ1n) is 11.4. The number of nitrogens with one attached hydrogen (secondary N) is 1. The molecule has 174 valence electrons. The molecule has 0 spiro atoms. The van der Waals surface area contributed by atoms with Crippen molar-refractivity contribution in [2.75, 3.05) is 18.5 Å². The number of carbonyl (C=O) groups is 2. The summed E-state index contributed by atoms with van der Waals surface area (Å²) in [5, 5.41) is 3.12. The number of aryl methyl sites for hydroxylation is 4. The van der Waals surface area contributed by atoms with Gasteiger partial charge in [0, 0.05) is 18.7 Å².